The van der Waals surface area contributed by atoms with Gasteiger partial charge in [0.15, 0.2) is 5.78 Å². The van der Waals surface area contributed by atoms with Crippen molar-refractivity contribution in [1.82, 2.24) is 15.5 Å². The number of ether oxygens (including phenoxy) is 1. The lowest BCUT2D eigenvalue weighted by atomic mass is 9.81. The largest absolute Gasteiger partial charge is 0.497 e. The minimum absolute atomic E-state index is 0.131. The van der Waals surface area contributed by atoms with Crippen LogP contribution in [0.2, 0.25) is 0 Å². The average Bonchev–Trinajstić information content (AvgIpc) is 3.71. The molecule has 270 valence electrons. The molecule has 3 aromatic rings. The van der Waals surface area contributed by atoms with Crippen molar-refractivity contribution in [2.75, 3.05) is 18.6 Å². The highest BCUT2D eigenvalue weighted by Crippen LogP contribution is 2.41. The molecule has 2 fully saturated rings. The smallest absolute Gasteiger partial charge is 0.251 e. The summed E-state index contributed by atoms with van der Waals surface area (Å²) in [6.07, 6.45) is 5.26. The monoisotopic (exact) mass is 694 g/mol. The molecule has 1 aliphatic carbocycles. The van der Waals surface area contributed by atoms with Gasteiger partial charge in [0.05, 0.1) is 18.6 Å². The second-order valence-corrected chi connectivity index (χ2v) is 13.9. The van der Waals surface area contributed by atoms with Crippen LogP contribution >= 0.6 is 0 Å². The van der Waals surface area contributed by atoms with E-state index in [0.29, 0.717) is 50.1 Å². The molecule has 5 rings (SSSR count). The Kier molecular flexibility index (Phi) is 12.3. The number of hydrogen-bond acceptors (Lipinski definition) is 6. The quantitative estimate of drug-likeness (QED) is 0.227. The molecule has 10 nitrogen and oxygen atoms in total. The Hall–Kier alpha value is -4.99. The lowest BCUT2D eigenvalue weighted by Gasteiger charge is -2.31. The first kappa shape index (κ1) is 37.3. The number of amides is 4. The number of rotatable bonds is 15. The van der Waals surface area contributed by atoms with E-state index >= 15 is 0 Å². The Morgan fingerprint density at radius 3 is 2.10 bits per heavy atom. The van der Waals surface area contributed by atoms with Crippen LogP contribution in [0.5, 0.6) is 5.75 Å². The number of hydrogen-bond donors (Lipinski definition) is 2. The molecule has 1 saturated carbocycles. The predicted molar refractivity (Wildman–Crippen MR) is 196 cm³/mol. The minimum atomic E-state index is -0.712. The number of Topliss-reactive ketones (excluding diaryl/α,β-unsaturated/α-hetero) is 1. The van der Waals surface area contributed by atoms with E-state index < -0.39 is 23.7 Å². The standard InChI is InChI=1S/C41H50N4O6/c1-28(46)36(43-40(50)41(22-8-9-23-41)24-25-42-29(2)47)26-32-12-17-34(18-13-32)45-38(21-16-31-10-6-5-7-11-31)44(30(3)48)37(39(45)49)27-33-14-19-35(51-4)20-15-33/h5-7,10-15,17-20,36-38H,8-9,16,21-27H2,1-4H3,(H,42,47)(H,43,50). The zero-order valence-corrected chi connectivity index (χ0v) is 30.2. The molecule has 1 aliphatic heterocycles. The van der Waals surface area contributed by atoms with Gasteiger partial charge >= 0.3 is 0 Å². The van der Waals surface area contributed by atoms with Crippen molar-refractivity contribution < 1.29 is 28.7 Å². The molecule has 2 N–H and O–H groups in total. The first-order valence-electron chi connectivity index (χ1n) is 17.9. The number of carbonyl (C=O) groups is 5. The maximum atomic E-state index is 14.3. The minimum Gasteiger partial charge on any atom is -0.497 e. The molecule has 0 aromatic heterocycles. The van der Waals surface area contributed by atoms with Crippen molar-refractivity contribution in [1.29, 1.82) is 0 Å². The maximum Gasteiger partial charge on any atom is 0.251 e. The van der Waals surface area contributed by atoms with Gasteiger partial charge in [-0.25, -0.2) is 0 Å². The van der Waals surface area contributed by atoms with Crippen LogP contribution < -0.4 is 20.3 Å². The van der Waals surface area contributed by atoms with Gasteiger partial charge in [0.25, 0.3) is 5.91 Å². The highest BCUT2D eigenvalue weighted by atomic mass is 16.5. The fourth-order valence-corrected chi connectivity index (χ4v) is 7.62. The first-order valence-corrected chi connectivity index (χ1v) is 17.9. The summed E-state index contributed by atoms with van der Waals surface area (Å²) in [5.74, 6) is -0.0181. The maximum absolute atomic E-state index is 14.3. The average molecular weight is 695 g/mol. The summed E-state index contributed by atoms with van der Waals surface area (Å²) in [4.78, 5) is 68.9. The van der Waals surface area contributed by atoms with Gasteiger partial charge < -0.3 is 20.3 Å². The summed E-state index contributed by atoms with van der Waals surface area (Å²) in [7, 11) is 1.60. The number of nitrogens with one attached hydrogen (secondary N) is 2. The molecule has 3 aromatic carbocycles. The summed E-state index contributed by atoms with van der Waals surface area (Å²) in [5.41, 5.74) is 2.94. The zero-order chi connectivity index (χ0) is 36.5. The summed E-state index contributed by atoms with van der Waals surface area (Å²) in [5, 5.41) is 5.84. The molecular weight excluding hydrogens is 644 g/mol. The number of nitrogens with zero attached hydrogens (tertiary/aromatic N) is 2. The molecule has 51 heavy (non-hydrogen) atoms. The highest BCUT2D eigenvalue weighted by Gasteiger charge is 2.47. The van der Waals surface area contributed by atoms with E-state index in [-0.39, 0.29) is 29.4 Å². The van der Waals surface area contributed by atoms with Gasteiger partial charge in [-0.05, 0) is 86.4 Å². The molecule has 0 spiro atoms. The van der Waals surface area contributed by atoms with Crippen LogP contribution in [0.4, 0.5) is 5.69 Å². The number of ketones is 1. The van der Waals surface area contributed by atoms with Crippen molar-refractivity contribution in [3.05, 3.63) is 95.6 Å². The second-order valence-electron chi connectivity index (χ2n) is 13.9. The Morgan fingerprint density at radius 1 is 0.863 bits per heavy atom. The molecule has 0 bridgehead atoms. The number of anilines is 1. The number of carbonyl (C=O) groups excluding carboxylic acids is 5. The number of methoxy groups -OCH3 is 1. The fraction of sp³-hybridized carbons (Fsp3) is 0.439. The molecule has 2 aliphatic rings. The van der Waals surface area contributed by atoms with Crippen LogP contribution in [-0.4, -0.2) is 66.2 Å². The molecule has 10 heteroatoms. The van der Waals surface area contributed by atoms with Crippen molar-refractivity contribution in [3.63, 3.8) is 0 Å². The third-order valence-corrected chi connectivity index (χ3v) is 10.4. The van der Waals surface area contributed by atoms with Gasteiger partial charge in [0.1, 0.15) is 18.0 Å². The lowest BCUT2D eigenvalue weighted by molar-refractivity contribution is -0.134. The molecular formula is C41H50N4O6. The van der Waals surface area contributed by atoms with Gasteiger partial charge in [0, 0.05) is 32.5 Å². The van der Waals surface area contributed by atoms with Crippen LogP contribution in [0.15, 0.2) is 78.9 Å². The predicted octanol–water partition coefficient (Wildman–Crippen LogP) is 5.16. The summed E-state index contributed by atoms with van der Waals surface area (Å²) in [6.45, 7) is 4.88. The van der Waals surface area contributed by atoms with Gasteiger partial charge in [-0.1, -0.05) is 67.4 Å². The van der Waals surface area contributed by atoms with Crippen LogP contribution in [0.3, 0.4) is 0 Å². The number of benzene rings is 3. The van der Waals surface area contributed by atoms with Crippen LogP contribution in [-0.2, 0) is 43.2 Å². The van der Waals surface area contributed by atoms with Crippen LogP contribution in [0.25, 0.3) is 0 Å². The third-order valence-electron chi connectivity index (χ3n) is 10.4. The Balaban J connectivity index is 1.36. The van der Waals surface area contributed by atoms with Crippen LogP contribution in [0.1, 0.15) is 76.0 Å². The number of aryl methyl sites for hydroxylation is 1. The van der Waals surface area contributed by atoms with Gasteiger partial charge in [-0.3, -0.25) is 28.9 Å². The van der Waals surface area contributed by atoms with E-state index in [1.165, 1.54) is 20.8 Å². The topological polar surface area (TPSA) is 125 Å². The summed E-state index contributed by atoms with van der Waals surface area (Å²) >= 11 is 0. The first-order chi connectivity index (χ1) is 24.5. The molecule has 3 atom stereocenters. The Bertz CT molecular complexity index is 1690. The summed E-state index contributed by atoms with van der Waals surface area (Å²) in [6, 6.07) is 23.7. The van der Waals surface area contributed by atoms with Crippen molar-refractivity contribution in [2.24, 2.45) is 5.41 Å². The van der Waals surface area contributed by atoms with Gasteiger partial charge in [-0.15, -0.1) is 0 Å². The second kappa shape index (κ2) is 16.8. The zero-order valence-electron chi connectivity index (χ0n) is 30.2. The van der Waals surface area contributed by atoms with Gasteiger partial charge in [0.2, 0.25) is 17.7 Å². The van der Waals surface area contributed by atoms with E-state index in [1.807, 2.05) is 78.9 Å². The molecule has 4 amide bonds. The lowest BCUT2D eigenvalue weighted by Crippen LogP contribution is -2.49. The van der Waals surface area contributed by atoms with Gasteiger partial charge in [-0.2, -0.15) is 0 Å². The molecule has 1 heterocycles. The van der Waals surface area contributed by atoms with Crippen molar-refractivity contribution in [2.45, 2.75) is 96.8 Å². The highest BCUT2D eigenvalue weighted by molar-refractivity contribution is 6.03. The van der Waals surface area contributed by atoms with Crippen molar-refractivity contribution in [3.8, 4) is 5.75 Å². The Morgan fingerprint density at radius 2 is 1.51 bits per heavy atom. The van der Waals surface area contributed by atoms with Crippen molar-refractivity contribution >= 4 is 35.1 Å². The summed E-state index contributed by atoms with van der Waals surface area (Å²) < 4.78 is 5.31. The van der Waals surface area contributed by atoms with E-state index in [2.05, 4.69) is 10.6 Å². The SMILES string of the molecule is COc1ccc(CC2C(=O)N(c3ccc(CC(NC(=O)C4(CCNC(C)=O)CCCC4)C(C)=O)cc3)C(CCc3ccccc3)N2C(C)=O)cc1. The Labute approximate surface area is 300 Å². The molecule has 3 unspecified atom stereocenters. The molecule has 0 radical (unpaired) electrons. The normalized spacial score (nSPS) is 18.7. The van der Waals surface area contributed by atoms with E-state index in [0.717, 1.165) is 42.4 Å². The van der Waals surface area contributed by atoms with E-state index in [4.69, 9.17) is 4.74 Å². The fourth-order valence-electron chi connectivity index (χ4n) is 7.62. The third kappa shape index (κ3) is 9.03. The van der Waals surface area contributed by atoms with Crippen LogP contribution in [0, 0.1) is 5.41 Å². The van der Waals surface area contributed by atoms with E-state index in [1.54, 1.807) is 16.9 Å². The molecule has 1 saturated heterocycles. The van der Waals surface area contributed by atoms with E-state index in [9.17, 15) is 24.0 Å².